The second kappa shape index (κ2) is 5.36. The number of nitrogens with zero attached hydrogens (tertiary/aromatic N) is 1. The van der Waals surface area contributed by atoms with Crippen LogP contribution in [0.15, 0.2) is 29.4 Å². The van der Waals surface area contributed by atoms with Crippen LogP contribution in [0.5, 0.6) is 0 Å². The van der Waals surface area contributed by atoms with E-state index < -0.39 is 0 Å². The molecular weight excluding hydrogens is 160 g/mol. The summed E-state index contributed by atoms with van der Waals surface area (Å²) in [6.45, 7) is 4.21. The molecule has 0 aliphatic heterocycles. The lowest BCUT2D eigenvalue weighted by molar-refractivity contribution is 1.00. The maximum Gasteiger partial charge on any atom is 0.0561 e. The van der Waals surface area contributed by atoms with Gasteiger partial charge < -0.3 is 0 Å². The SMILES string of the molecule is CCC/C=N/Nc1ccc(C)cc1. The molecule has 0 bridgehead atoms. The Morgan fingerprint density at radius 1 is 1.31 bits per heavy atom. The van der Waals surface area contributed by atoms with E-state index in [1.165, 1.54) is 5.56 Å². The van der Waals surface area contributed by atoms with Gasteiger partial charge in [-0.15, -0.1) is 0 Å². The van der Waals surface area contributed by atoms with Crippen molar-refractivity contribution in [2.45, 2.75) is 26.7 Å². The Hall–Kier alpha value is -1.31. The highest BCUT2D eigenvalue weighted by Crippen LogP contribution is 2.07. The molecule has 1 aromatic rings. The third-order valence-electron chi connectivity index (χ3n) is 1.75. The molecule has 0 amide bonds. The Bertz CT molecular complexity index is 262. The minimum absolute atomic E-state index is 1.03. The zero-order chi connectivity index (χ0) is 9.52. The highest BCUT2D eigenvalue weighted by Gasteiger charge is 1.86. The third-order valence-corrected chi connectivity index (χ3v) is 1.75. The van der Waals surface area contributed by atoms with Gasteiger partial charge >= 0.3 is 0 Å². The molecule has 0 fully saturated rings. The lowest BCUT2D eigenvalue weighted by Crippen LogP contribution is -1.88. The predicted octanol–water partition coefficient (Wildman–Crippen LogP) is 3.19. The van der Waals surface area contributed by atoms with Crippen molar-refractivity contribution in [2.24, 2.45) is 5.10 Å². The average molecular weight is 176 g/mol. The molecule has 0 aliphatic carbocycles. The summed E-state index contributed by atoms with van der Waals surface area (Å²) < 4.78 is 0. The molecule has 0 spiro atoms. The molecule has 0 atom stereocenters. The molecule has 2 nitrogen and oxygen atoms in total. The van der Waals surface area contributed by atoms with Crippen LogP contribution in [0, 0.1) is 6.92 Å². The topological polar surface area (TPSA) is 24.4 Å². The Balaban J connectivity index is 2.41. The van der Waals surface area contributed by atoms with E-state index in [0.29, 0.717) is 0 Å². The highest BCUT2D eigenvalue weighted by atomic mass is 15.3. The Morgan fingerprint density at radius 2 is 2.00 bits per heavy atom. The molecule has 2 heteroatoms. The van der Waals surface area contributed by atoms with Crippen molar-refractivity contribution >= 4 is 11.9 Å². The van der Waals surface area contributed by atoms with Crippen LogP contribution in [0.4, 0.5) is 5.69 Å². The fourth-order valence-electron chi connectivity index (χ4n) is 0.942. The summed E-state index contributed by atoms with van der Waals surface area (Å²) in [6, 6.07) is 8.19. The van der Waals surface area contributed by atoms with Crippen molar-refractivity contribution in [3.63, 3.8) is 0 Å². The lowest BCUT2D eigenvalue weighted by atomic mass is 10.2. The van der Waals surface area contributed by atoms with Crippen LogP contribution in [-0.2, 0) is 0 Å². The molecule has 0 unspecified atom stereocenters. The number of rotatable bonds is 4. The van der Waals surface area contributed by atoms with E-state index in [9.17, 15) is 0 Å². The number of hydrazone groups is 1. The van der Waals surface area contributed by atoms with E-state index in [1.54, 1.807) is 0 Å². The Morgan fingerprint density at radius 3 is 2.62 bits per heavy atom. The second-order valence-electron chi connectivity index (χ2n) is 3.08. The van der Waals surface area contributed by atoms with Crippen molar-refractivity contribution in [3.8, 4) is 0 Å². The molecule has 1 aromatic carbocycles. The summed E-state index contributed by atoms with van der Waals surface area (Å²) in [6.07, 6.45) is 4.07. The minimum Gasteiger partial charge on any atom is -0.279 e. The normalized spacial score (nSPS) is 10.6. The quantitative estimate of drug-likeness (QED) is 0.553. The van der Waals surface area contributed by atoms with Crippen molar-refractivity contribution in [1.29, 1.82) is 0 Å². The van der Waals surface area contributed by atoms with Gasteiger partial charge in [-0.2, -0.15) is 5.10 Å². The summed E-state index contributed by atoms with van der Waals surface area (Å²) in [5, 5.41) is 4.09. The summed E-state index contributed by atoms with van der Waals surface area (Å²) in [4.78, 5) is 0. The van der Waals surface area contributed by atoms with Crippen LogP contribution in [-0.4, -0.2) is 6.21 Å². The summed E-state index contributed by atoms with van der Waals surface area (Å²) in [5.41, 5.74) is 5.28. The van der Waals surface area contributed by atoms with E-state index >= 15 is 0 Å². The summed E-state index contributed by atoms with van der Waals surface area (Å²) >= 11 is 0. The van der Waals surface area contributed by atoms with Crippen molar-refractivity contribution in [2.75, 3.05) is 5.43 Å². The highest BCUT2D eigenvalue weighted by molar-refractivity contribution is 5.59. The number of benzene rings is 1. The maximum atomic E-state index is 4.09. The third kappa shape index (κ3) is 3.74. The lowest BCUT2D eigenvalue weighted by Gasteiger charge is -1.99. The van der Waals surface area contributed by atoms with Gasteiger partial charge in [0.25, 0.3) is 0 Å². The number of hydrogen-bond donors (Lipinski definition) is 1. The molecule has 0 heterocycles. The number of hydrogen-bond acceptors (Lipinski definition) is 2. The smallest absolute Gasteiger partial charge is 0.0561 e. The van der Waals surface area contributed by atoms with E-state index in [-0.39, 0.29) is 0 Å². The monoisotopic (exact) mass is 176 g/mol. The fraction of sp³-hybridized carbons (Fsp3) is 0.364. The molecule has 0 saturated carbocycles. The van der Waals surface area contributed by atoms with Crippen molar-refractivity contribution in [3.05, 3.63) is 29.8 Å². The zero-order valence-corrected chi connectivity index (χ0v) is 8.25. The first-order valence-electron chi connectivity index (χ1n) is 4.67. The number of aryl methyl sites for hydroxylation is 1. The van der Waals surface area contributed by atoms with Crippen LogP contribution in [0.25, 0.3) is 0 Å². The molecule has 70 valence electrons. The first kappa shape index (κ1) is 9.78. The molecule has 1 rings (SSSR count). The van der Waals surface area contributed by atoms with Crippen LogP contribution in [0.3, 0.4) is 0 Å². The van der Waals surface area contributed by atoms with Gasteiger partial charge in [-0.1, -0.05) is 31.0 Å². The first-order valence-corrected chi connectivity index (χ1v) is 4.67. The molecule has 0 aliphatic rings. The predicted molar refractivity (Wildman–Crippen MR) is 58.2 cm³/mol. The van der Waals surface area contributed by atoms with Gasteiger partial charge in [-0.05, 0) is 25.5 Å². The first-order chi connectivity index (χ1) is 6.33. The Labute approximate surface area is 79.7 Å². The van der Waals surface area contributed by atoms with Gasteiger partial charge in [0.1, 0.15) is 0 Å². The van der Waals surface area contributed by atoms with E-state index in [0.717, 1.165) is 18.5 Å². The van der Waals surface area contributed by atoms with Gasteiger partial charge in [-0.25, -0.2) is 0 Å². The van der Waals surface area contributed by atoms with Gasteiger partial charge in [0.15, 0.2) is 0 Å². The second-order valence-corrected chi connectivity index (χ2v) is 3.08. The van der Waals surface area contributed by atoms with Gasteiger partial charge in [0.2, 0.25) is 0 Å². The van der Waals surface area contributed by atoms with Crippen LogP contribution < -0.4 is 5.43 Å². The minimum atomic E-state index is 1.03. The molecular formula is C11H16N2. The number of nitrogens with one attached hydrogen (secondary N) is 1. The summed E-state index contributed by atoms with van der Waals surface area (Å²) in [7, 11) is 0. The standard InChI is InChI=1S/C11H16N2/c1-3-4-9-12-13-11-7-5-10(2)6-8-11/h5-9,13H,3-4H2,1-2H3/b12-9+. The van der Waals surface area contributed by atoms with Crippen LogP contribution >= 0.6 is 0 Å². The zero-order valence-electron chi connectivity index (χ0n) is 8.25. The molecule has 0 radical (unpaired) electrons. The average Bonchev–Trinajstić information content (AvgIpc) is 2.15. The van der Waals surface area contributed by atoms with Crippen molar-refractivity contribution in [1.82, 2.24) is 0 Å². The van der Waals surface area contributed by atoms with Crippen LogP contribution in [0.1, 0.15) is 25.3 Å². The van der Waals surface area contributed by atoms with Crippen LogP contribution in [0.2, 0.25) is 0 Å². The van der Waals surface area contributed by atoms with E-state index in [2.05, 4.69) is 36.5 Å². The largest absolute Gasteiger partial charge is 0.279 e. The van der Waals surface area contributed by atoms with E-state index in [4.69, 9.17) is 0 Å². The van der Waals surface area contributed by atoms with Gasteiger partial charge in [0, 0.05) is 6.21 Å². The van der Waals surface area contributed by atoms with Gasteiger partial charge in [-0.3, -0.25) is 5.43 Å². The number of anilines is 1. The maximum absolute atomic E-state index is 4.09. The fourth-order valence-corrected chi connectivity index (χ4v) is 0.942. The Kier molecular flexibility index (Phi) is 4.03. The molecule has 0 aromatic heterocycles. The van der Waals surface area contributed by atoms with Gasteiger partial charge in [0.05, 0.1) is 5.69 Å². The molecule has 13 heavy (non-hydrogen) atoms. The molecule has 0 saturated heterocycles. The van der Waals surface area contributed by atoms with E-state index in [1.807, 2.05) is 18.3 Å². The molecule has 1 N–H and O–H groups in total. The summed E-state index contributed by atoms with van der Waals surface area (Å²) in [5.74, 6) is 0. The van der Waals surface area contributed by atoms with Crippen molar-refractivity contribution < 1.29 is 0 Å². The number of unbranched alkanes of at least 4 members (excludes halogenated alkanes) is 1.